The van der Waals surface area contributed by atoms with Gasteiger partial charge in [-0.3, -0.25) is 0 Å². The fourth-order valence-corrected chi connectivity index (χ4v) is 4.24. The van der Waals surface area contributed by atoms with Crippen LogP contribution in [0.25, 0.3) is 0 Å². The lowest BCUT2D eigenvalue weighted by Gasteiger charge is -2.42. The molecule has 21 heavy (non-hydrogen) atoms. The summed E-state index contributed by atoms with van der Waals surface area (Å²) in [5, 5.41) is 7.40. The zero-order chi connectivity index (χ0) is 15.5. The van der Waals surface area contributed by atoms with E-state index < -0.39 is 0 Å². The third-order valence-corrected chi connectivity index (χ3v) is 5.68. The largest absolute Gasteiger partial charge is 0.305 e. The molecule has 0 bridgehead atoms. The van der Waals surface area contributed by atoms with Gasteiger partial charge in [0.05, 0.1) is 11.2 Å². The molecule has 0 aliphatic carbocycles. The summed E-state index contributed by atoms with van der Waals surface area (Å²) >= 11 is 1.85. The van der Waals surface area contributed by atoms with Gasteiger partial charge in [0.15, 0.2) is 0 Å². The number of thiazole rings is 1. The summed E-state index contributed by atoms with van der Waals surface area (Å²) < 4.78 is 0. The molecule has 0 spiro atoms. The van der Waals surface area contributed by atoms with E-state index >= 15 is 0 Å². The molecule has 2 heterocycles. The summed E-state index contributed by atoms with van der Waals surface area (Å²) in [6, 6.07) is 0.650. The predicted octanol–water partition coefficient (Wildman–Crippen LogP) is 3.97. The monoisotopic (exact) mass is 309 g/mol. The molecule has 0 aromatic carbocycles. The van der Waals surface area contributed by atoms with Crippen molar-refractivity contribution in [2.75, 3.05) is 19.6 Å². The van der Waals surface area contributed by atoms with Crippen LogP contribution in [0.1, 0.15) is 70.5 Å². The van der Waals surface area contributed by atoms with Crippen LogP contribution in [0.15, 0.2) is 5.38 Å². The molecule has 4 heteroatoms. The Morgan fingerprint density at radius 1 is 1.29 bits per heavy atom. The van der Waals surface area contributed by atoms with Crippen molar-refractivity contribution in [3.05, 3.63) is 16.1 Å². The number of hydrogen-bond donors (Lipinski definition) is 1. The Labute approximate surface area is 134 Å². The first-order valence-corrected chi connectivity index (χ1v) is 9.31. The van der Waals surface area contributed by atoms with Crippen LogP contribution >= 0.6 is 11.3 Å². The Balaban J connectivity index is 2.17. The molecule has 1 aliphatic heterocycles. The quantitative estimate of drug-likeness (QED) is 0.862. The summed E-state index contributed by atoms with van der Waals surface area (Å²) in [6.45, 7) is 14.7. The number of aromatic nitrogens is 1. The molecule has 1 fully saturated rings. The van der Waals surface area contributed by atoms with Gasteiger partial charge in [0, 0.05) is 24.5 Å². The van der Waals surface area contributed by atoms with Gasteiger partial charge in [0.2, 0.25) is 0 Å². The lowest BCUT2D eigenvalue weighted by molar-refractivity contribution is 0.109. The van der Waals surface area contributed by atoms with E-state index in [1.165, 1.54) is 43.1 Å². The van der Waals surface area contributed by atoms with Crippen molar-refractivity contribution in [3.63, 3.8) is 0 Å². The van der Waals surface area contributed by atoms with Crippen LogP contribution in [-0.4, -0.2) is 35.6 Å². The van der Waals surface area contributed by atoms with E-state index in [2.05, 4.69) is 50.2 Å². The zero-order valence-electron chi connectivity index (χ0n) is 14.3. The second kappa shape index (κ2) is 7.21. The minimum absolute atomic E-state index is 0.110. The van der Waals surface area contributed by atoms with Crippen LogP contribution in [0.2, 0.25) is 0 Å². The number of nitrogens with zero attached hydrogens (tertiary/aromatic N) is 2. The highest BCUT2D eigenvalue weighted by atomic mass is 32.1. The fraction of sp³-hybridized carbons (Fsp3) is 0.824. The standard InChI is InChI=1S/C17H31N3S/c1-6-9-18-17(7-10-20(11-8-17)14(4)5)16-19-15(12-21-16)13(2)3/h12-14,18H,6-11H2,1-5H3. The molecular weight excluding hydrogens is 278 g/mol. The zero-order valence-corrected chi connectivity index (χ0v) is 15.1. The molecule has 120 valence electrons. The second-order valence-electron chi connectivity index (χ2n) is 6.87. The molecule has 3 nitrogen and oxygen atoms in total. The van der Waals surface area contributed by atoms with E-state index in [1.54, 1.807) is 0 Å². The fourth-order valence-electron chi connectivity index (χ4n) is 3.02. The lowest BCUT2D eigenvalue weighted by Crippen LogP contribution is -2.52. The van der Waals surface area contributed by atoms with Crippen molar-refractivity contribution in [2.24, 2.45) is 0 Å². The number of nitrogens with one attached hydrogen (secondary N) is 1. The van der Waals surface area contributed by atoms with E-state index in [0.717, 1.165) is 6.54 Å². The van der Waals surface area contributed by atoms with Crippen LogP contribution in [0.4, 0.5) is 0 Å². The highest BCUT2D eigenvalue weighted by Crippen LogP contribution is 2.36. The normalized spacial score (nSPS) is 19.6. The molecule has 0 amide bonds. The van der Waals surface area contributed by atoms with E-state index in [4.69, 9.17) is 4.98 Å². The van der Waals surface area contributed by atoms with Crippen molar-refractivity contribution in [1.82, 2.24) is 15.2 Å². The van der Waals surface area contributed by atoms with Gasteiger partial charge in [-0.15, -0.1) is 11.3 Å². The third-order valence-electron chi connectivity index (χ3n) is 4.62. The number of hydrogen-bond acceptors (Lipinski definition) is 4. The average Bonchev–Trinajstić information content (AvgIpc) is 2.96. The predicted molar refractivity (Wildman–Crippen MR) is 92.1 cm³/mol. The molecule has 1 aromatic heterocycles. The minimum Gasteiger partial charge on any atom is -0.305 e. The van der Waals surface area contributed by atoms with Gasteiger partial charge >= 0.3 is 0 Å². The Hall–Kier alpha value is -0.450. The minimum atomic E-state index is 0.110. The van der Waals surface area contributed by atoms with E-state index in [-0.39, 0.29) is 5.54 Å². The molecule has 0 atom stereocenters. The Bertz CT molecular complexity index is 431. The Kier molecular flexibility index (Phi) is 5.81. The van der Waals surface area contributed by atoms with Crippen molar-refractivity contribution >= 4 is 11.3 Å². The summed E-state index contributed by atoms with van der Waals surface area (Å²) in [7, 11) is 0. The van der Waals surface area contributed by atoms with Gasteiger partial charge in [-0.05, 0) is 45.6 Å². The number of rotatable bonds is 6. The molecule has 0 saturated carbocycles. The van der Waals surface area contributed by atoms with Gasteiger partial charge < -0.3 is 10.2 Å². The van der Waals surface area contributed by atoms with E-state index in [0.29, 0.717) is 12.0 Å². The summed E-state index contributed by atoms with van der Waals surface area (Å²) in [5.74, 6) is 0.522. The van der Waals surface area contributed by atoms with Crippen LogP contribution < -0.4 is 5.32 Å². The van der Waals surface area contributed by atoms with Gasteiger partial charge in [-0.25, -0.2) is 4.98 Å². The molecule has 1 N–H and O–H groups in total. The van der Waals surface area contributed by atoms with E-state index in [1.807, 2.05) is 11.3 Å². The van der Waals surface area contributed by atoms with Gasteiger partial charge in [0.25, 0.3) is 0 Å². The van der Waals surface area contributed by atoms with Gasteiger partial charge in [-0.2, -0.15) is 0 Å². The maximum Gasteiger partial charge on any atom is 0.113 e. The van der Waals surface area contributed by atoms with Crippen LogP contribution in [0, 0.1) is 0 Å². The topological polar surface area (TPSA) is 28.2 Å². The smallest absolute Gasteiger partial charge is 0.113 e. The van der Waals surface area contributed by atoms with E-state index in [9.17, 15) is 0 Å². The highest BCUT2D eigenvalue weighted by Gasteiger charge is 2.38. The Morgan fingerprint density at radius 2 is 1.95 bits per heavy atom. The first-order valence-electron chi connectivity index (χ1n) is 8.43. The van der Waals surface area contributed by atoms with Crippen LogP contribution in [0.5, 0.6) is 0 Å². The van der Waals surface area contributed by atoms with Crippen molar-refractivity contribution < 1.29 is 0 Å². The van der Waals surface area contributed by atoms with Crippen LogP contribution in [0.3, 0.4) is 0 Å². The first-order chi connectivity index (χ1) is 9.98. The maximum atomic E-state index is 4.97. The lowest BCUT2D eigenvalue weighted by atomic mass is 9.87. The molecule has 0 radical (unpaired) electrons. The molecular formula is C17H31N3S. The molecule has 2 rings (SSSR count). The second-order valence-corrected chi connectivity index (χ2v) is 7.73. The molecule has 0 unspecified atom stereocenters. The highest BCUT2D eigenvalue weighted by molar-refractivity contribution is 7.09. The molecule has 1 saturated heterocycles. The SMILES string of the molecule is CCCNC1(c2nc(C(C)C)cs2)CCN(C(C)C)CC1. The first kappa shape index (κ1) is 16.9. The molecule has 1 aromatic rings. The maximum absolute atomic E-state index is 4.97. The van der Waals surface area contributed by atoms with Crippen molar-refractivity contribution in [3.8, 4) is 0 Å². The number of piperidine rings is 1. The summed E-state index contributed by atoms with van der Waals surface area (Å²) in [4.78, 5) is 7.55. The number of likely N-dealkylation sites (tertiary alicyclic amines) is 1. The van der Waals surface area contributed by atoms with Crippen molar-refractivity contribution in [2.45, 2.75) is 71.4 Å². The van der Waals surface area contributed by atoms with Crippen molar-refractivity contribution in [1.29, 1.82) is 0 Å². The summed E-state index contributed by atoms with van der Waals surface area (Å²) in [5.41, 5.74) is 1.36. The molecule has 1 aliphatic rings. The Morgan fingerprint density at radius 3 is 2.43 bits per heavy atom. The van der Waals surface area contributed by atoms with Crippen LogP contribution in [-0.2, 0) is 5.54 Å². The third kappa shape index (κ3) is 3.85. The summed E-state index contributed by atoms with van der Waals surface area (Å²) in [6.07, 6.45) is 3.53. The van der Waals surface area contributed by atoms with Gasteiger partial charge in [-0.1, -0.05) is 20.8 Å². The average molecular weight is 310 g/mol. The van der Waals surface area contributed by atoms with Gasteiger partial charge in [0.1, 0.15) is 5.01 Å².